The van der Waals surface area contributed by atoms with Crippen molar-refractivity contribution in [2.24, 2.45) is 0 Å². The Balaban J connectivity index is 1.52. The minimum Gasteiger partial charge on any atom is -0.395 e. The molecule has 1 aromatic rings. The number of likely N-dealkylation sites (tertiary alicyclic amines) is 1. The molecule has 0 spiro atoms. The molecule has 0 unspecified atom stereocenters. The second kappa shape index (κ2) is 9.19. The number of nitrogens with zero attached hydrogens (tertiary/aromatic N) is 2. The van der Waals surface area contributed by atoms with Gasteiger partial charge in [-0.3, -0.25) is 9.80 Å². The van der Waals surface area contributed by atoms with Crippen LogP contribution in [0.3, 0.4) is 0 Å². The smallest absolute Gasteiger partial charge is 0.0594 e. The van der Waals surface area contributed by atoms with Crippen LogP contribution >= 0.6 is 0 Å². The third kappa shape index (κ3) is 5.06. The SMILES string of the molecule is OCCC#Cc1ccc(CN2CCC[C@@H](N3CCOCC3)C2)cc1. The summed E-state index contributed by atoms with van der Waals surface area (Å²) < 4.78 is 5.48. The normalized spacial score (nSPS) is 22.8. The van der Waals surface area contributed by atoms with E-state index in [2.05, 4.69) is 45.9 Å². The Morgan fingerprint density at radius 1 is 1.12 bits per heavy atom. The fraction of sp³-hybridized carbons (Fsp3) is 0.600. The number of hydrogen-bond donors (Lipinski definition) is 1. The number of hydrogen-bond acceptors (Lipinski definition) is 4. The molecule has 1 atom stereocenters. The molecule has 1 N–H and O–H groups in total. The molecule has 0 amide bonds. The number of morpholine rings is 1. The van der Waals surface area contributed by atoms with Gasteiger partial charge in [-0.1, -0.05) is 24.0 Å². The Kier molecular flexibility index (Phi) is 6.68. The highest BCUT2D eigenvalue weighted by Gasteiger charge is 2.26. The number of aliphatic hydroxyl groups excluding tert-OH is 1. The van der Waals surface area contributed by atoms with E-state index in [0.29, 0.717) is 12.5 Å². The molecule has 4 heteroatoms. The van der Waals surface area contributed by atoms with Crippen LogP contribution in [0.25, 0.3) is 0 Å². The Hall–Kier alpha value is -1.38. The van der Waals surface area contributed by atoms with Crippen molar-refractivity contribution < 1.29 is 9.84 Å². The van der Waals surface area contributed by atoms with Gasteiger partial charge in [0.05, 0.1) is 19.8 Å². The average molecular weight is 328 g/mol. The van der Waals surface area contributed by atoms with Crippen LogP contribution in [0.2, 0.25) is 0 Å². The van der Waals surface area contributed by atoms with Crippen LogP contribution in [0.15, 0.2) is 24.3 Å². The van der Waals surface area contributed by atoms with Gasteiger partial charge in [0, 0.05) is 44.2 Å². The first-order valence-electron chi connectivity index (χ1n) is 9.08. The van der Waals surface area contributed by atoms with Crippen LogP contribution in [0.5, 0.6) is 0 Å². The number of aliphatic hydroxyl groups is 1. The molecule has 0 aromatic heterocycles. The maximum atomic E-state index is 8.77. The topological polar surface area (TPSA) is 35.9 Å². The molecule has 2 aliphatic rings. The van der Waals surface area contributed by atoms with Crippen molar-refractivity contribution in [2.75, 3.05) is 46.0 Å². The first-order chi connectivity index (χ1) is 11.8. The standard InChI is InChI=1S/C20H28N2O2/c23-13-2-1-4-18-6-8-19(9-7-18)16-21-10-3-5-20(17-21)22-11-14-24-15-12-22/h6-9,20,23H,2-3,5,10-17H2/t20-/m1/s1. The summed E-state index contributed by atoms with van der Waals surface area (Å²) in [5.41, 5.74) is 2.38. The van der Waals surface area contributed by atoms with Gasteiger partial charge in [0.25, 0.3) is 0 Å². The quantitative estimate of drug-likeness (QED) is 0.854. The van der Waals surface area contributed by atoms with E-state index in [1.54, 1.807) is 0 Å². The van der Waals surface area contributed by atoms with E-state index >= 15 is 0 Å². The van der Waals surface area contributed by atoms with Crippen molar-refractivity contribution in [1.82, 2.24) is 9.80 Å². The summed E-state index contributed by atoms with van der Waals surface area (Å²) in [7, 11) is 0. The van der Waals surface area contributed by atoms with Crippen LogP contribution in [0, 0.1) is 11.8 Å². The molecule has 2 heterocycles. The summed E-state index contributed by atoms with van der Waals surface area (Å²) in [5.74, 6) is 6.05. The van der Waals surface area contributed by atoms with E-state index in [-0.39, 0.29) is 6.61 Å². The molecule has 3 rings (SSSR count). The van der Waals surface area contributed by atoms with Crippen LogP contribution in [0.4, 0.5) is 0 Å². The molecule has 2 saturated heterocycles. The zero-order valence-electron chi connectivity index (χ0n) is 14.4. The zero-order valence-corrected chi connectivity index (χ0v) is 14.4. The molecule has 0 bridgehead atoms. The summed E-state index contributed by atoms with van der Waals surface area (Å²) in [5, 5.41) is 8.77. The third-order valence-electron chi connectivity index (χ3n) is 4.87. The van der Waals surface area contributed by atoms with Gasteiger partial charge in [0.1, 0.15) is 0 Å². The van der Waals surface area contributed by atoms with E-state index in [0.717, 1.165) is 45.0 Å². The van der Waals surface area contributed by atoms with Crippen LogP contribution < -0.4 is 0 Å². The monoisotopic (exact) mass is 328 g/mol. The van der Waals surface area contributed by atoms with Crippen molar-refractivity contribution >= 4 is 0 Å². The van der Waals surface area contributed by atoms with Crippen LogP contribution in [-0.4, -0.2) is 66.9 Å². The van der Waals surface area contributed by atoms with Crippen molar-refractivity contribution in [3.8, 4) is 11.8 Å². The number of ether oxygens (including phenoxy) is 1. The fourth-order valence-corrected chi connectivity index (χ4v) is 3.59. The average Bonchev–Trinajstić information content (AvgIpc) is 2.64. The van der Waals surface area contributed by atoms with Gasteiger partial charge < -0.3 is 9.84 Å². The molecule has 2 aliphatic heterocycles. The van der Waals surface area contributed by atoms with Gasteiger partial charge in [0.2, 0.25) is 0 Å². The molecule has 0 radical (unpaired) electrons. The summed E-state index contributed by atoms with van der Waals surface area (Å²) >= 11 is 0. The number of piperidine rings is 1. The molecule has 0 aliphatic carbocycles. The maximum Gasteiger partial charge on any atom is 0.0594 e. The highest BCUT2D eigenvalue weighted by Crippen LogP contribution is 2.19. The zero-order chi connectivity index (χ0) is 16.6. The highest BCUT2D eigenvalue weighted by atomic mass is 16.5. The van der Waals surface area contributed by atoms with Gasteiger partial charge in [-0.05, 0) is 37.1 Å². The lowest BCUT2D eigenvalue weighted by atomic mass is 10.0. The number of rotatable bonds is 4. The Bertz CT molecular complexity index is 555. The second-order valence-electron chi connectivity index (χ2n) is 6.65. The lowest BCUT2D eigenvalue weighted by molar-refractivity contribution is -0.00358. The van der Waals surface area contributed by atoms with E-state index in [9.17, 15) is 0 Å². The largest absolute Gasteiger partial charge is 0.395 e. The molecular formula is C20H28N2O2. The predicted molar refractivity (Wildman–Crippen MR) is 95.7 cm³/mol. The van der Waals surface area contributed by atoms with E-state index in [4.69, 9.17) is 9.84 Å². The first-order valence-corrected chi connectivity index (χ1v) is 9.08. The highest BCUT2D eigenvalue weighted by molar-refractivity contribution is 5.36. The predicted octanol–water partition coefficient (Wildman–Crippen LogP) is 1.72. The Morgan fingerprint density at radius 2 is 1.92 bits per heavy atom. The van der Waals surface area contributed by atoms with Crippen molar-refractivity contribution in [3.05, 3.63) is 35.4 Å². The number of benzene rings is 1. The first kappa shape index (κ1) is 17.4. The van der Waals surface area contributed by atoms with Gasteiger partial charge in [-0.2, -0.15) is 0 Å². The van der Waals surface area contributed by atoms with E-state index in [1.165, 1.54) is 24.9 Å². The summed E-state index contributed by atoms with van der Waals surface area (Å²) in [6.45, 7) is 7.44. The van der Waals surface area contributed by atoms with E-state index < -0.39 is 0 Å². The van der Waals surface area contributed by atoms with Crippen molar-refractivity contribution in [1.29, 1.82) is 0 Å². The lowest BCUT2D eigenvalue weighted by Crippen LogP contribution is -2.51. The van der Waals surface area contributed by atoms with Crippen molar-refractivity contribution in [2.45, 2.75) is 31.8 Å². The summed E-state index contributed by atoms with van der Waals surface area (Å²) in [4.78, 5) is 5.19. The lowest BCUT2D eigenvalue weighted by Gasteiger charge is -2.40. The maximum absolute atomic E-state index is 8.77. The van der Waals surface area contributed by atoms with Crippen LogP contribution in [-0.2, 0) is 11.3 Å². The molecule has 4 nitrogen and oxygen atoms in total. The second-order valence-corrected chi connectivity index (χ2v) is 6.65. The Morgan fingerprint density at radius 3 is 2.67 bits per heavy atom. The van der Waals surface area contributed by atoms with Crippen molar-refractivity contribution in [3.63, 3.8) is 0 Å². The molecule has 0 saturated carbocycles. The molecule has 24 heavy (non-hydrogen) atoms. The summed E-state index contributed by atoms with van der Waals surface area (Å²) in [6, 6.07) is 9.22. The third-order valence-corrected chi connectivity index (χ3v) is 4.87. The molecule has 130 valence electrons. The minimum absolute atomic E-state index is 0.129. The Labute approximate surface area is 145 Å². The molecule has 1 aromatic carbocycles. The molecule has 2 fully saturated rings. The van der Waals surface area contributed by atoms with Gasteiger partial charge >= 0.3 is 0 Å². The van der Waals surface area contributed by atoms with Gasteiger partial charge in [0.15, 0.2) is 0 Å². The summed E-state index contributed by atoms with van der Waals surface area (Å²) in [6.07, 6.45) is 3.14. The van der Waals surface area contributed by atoms with Crippen LogP contribution in [0.1, 0.15) is 30.4 Å². The molecular weight excluding hydrogens is 300 g/mol. The minimum atomic E-state index is 0.129. The van der Waals surface area contributed by atoms with Gasteiger partial charge in [-0.25, -0.2) is 0 Å². The fourth-order valence-electron chi connectivity index (χ4n) is 3.59. The van der Waals surface area contributed by atoms with E-state index in [1.807, 2.05) is 0 Å². The van der Waals surface area contributed by atoms with Gasteiger partial charge in [-0.15, -0.1) is 0 Å².